The Bertz CT molecular complexity index is 549. The Labute approximate surface area is 122 Å². The van der Waals surface area contributed by atoms with Crippen LogP contribution in [-0.4, -0.2) is 6.21 Å². The summed E-state index contributed by atoms with van der Waals surface area (Å²) in [6.45, 7) is 2.65. The lowest BCUT2D eigenvalue weighted by atomic mass is 10.1. The second-order valence-corrected chi connectivity index (χ2v) is 5.15. The highest BCUT2D eigenvalue weighted by molar-refractivity contribution is 9.10. The van der Waals surface area contributed by atoms with Gasteiger partial charge in [0.15, 0.2) is 0 Å². The second-order valence-electron chi connectivity index (χ2n) is 4.23. The van der Waals surface area contributed by atoms with Gasteiger partial charge in [-0.05, 0) is 35.2 Å². The minimum absolute atomic E-state index is 0.501. The Morgan fingerprint density at radius 2 is 1.84 bits per heavy atom. The van der Waals surface area contributed by atoms with Gasteiger partial charge in [0, 0.05) is 4.47 Å². The Morgan fingerprint density at radius 3 is 2.58 bits per heavy atom. The smallest absolute Gasteiger partial charge is 0.142 e. The van der Waals surface area contributed by atoms with Crippen molar-refractivity contribution < 1.29 is 4.84 Å². The normalized spacial score (nSPS) is 10.8. The summed E-state index contributed by atoms with van der Waals surface area (Å²) in [7, 11) is 0. The molecule has 0 spiro atoms. The molecule has 0 unspecified atom stereocenters. The van der Waals surface area contributed by atoms with Crippen LogP contribution < -0.4 is 0 Å². The summed E-state index contributed by atoms with van der Waals surface area (Å²) < 4.78 is 1.06. The Kier molecular flexibility index (Phi) is 5.16. The topological polar surface area (TPSA) is 21.6 Å². The van der Waals surface area contributed by atoms with E-state index in [1.54, 1.807) is 6.21 Å². The Balaban J connectivity index is 1.87. The fourth-order valence-electron chi connectivity index (χ4n) is 1.70. The number of hydrogen-bond donors (Lipinski definition) is 0. The molecule has 2 rings (SSSR count). The molecule has 0 aliphatic heterocycles. The van der Waals surface area contributed by atoms with E-state index in [2.05, 4.69) is 46.2 Å². The molecule has 2 aromatic rings. The second kappa shape index (κ2) is 7.10. The predicted octanol–water partition coefficient (Wildman–Crippen LogP) is 4.56. The quantitative estimate of drug-likeness (QED) is 0.585. The molecule has 3 heteroatoms. The van der Waals surface area contributed by atoms with Gasteiger partial charge in [-0.25, -0.2) is 0 Å². The average Bonchev–Trinajstić information content (AvgIpc) is 2.46. The van der Waals surface area contributed by atoms with Crippen molar-refractivity contribution in [2.75, 3.05) is 0 Å². The lowest BCUT2D eigenvalue weighted by Crippen LogP contribution is -1.90. The Hall–Kier alpha value is -1.61. The number of rotatable bonds is 5. The number of oxime groups is 1. The third-order valence-electron chi connectivity index (χ3n) is 2.78. The van der Waals surface area contributed by atoms with E-state index in [-0.39, 0.29) is 0 Å². The summed E-state index contributed by atoms with van der Waals surface area (Å²) in [5.74, 6) is 0. The van der Waals surface area contributed by atoms with Crippen LogP contribution in [0.25, 0.3) is 0 Å². The SMILES string of the molecule is CCc1cccc(CON=Cc2ccc(Br)cc2)c1. The fourth-order valence-corrected chi connectivity index (χ4v) is 1.96. The highest BCUT2D eigenvalue weighted by Crippen LogP contribution is 2.10. The molecule has 0 aromatic heterocycles. The van der Waals surface area contributed by atoms with Crippen molar-refractivity contribution in [3.8, 4) is 0 Å². The van der Waals surface area contributed by atoms with Crippen LogP contribution in [0.3, 0.4) is 0 Å². The molecular weight excluding hydrogens is 302 g/mol. The zero-order chi connectivity index (χ0) is 13.5. The first-order chi connectivity index (χ1) is 9.28. The van der Waals surface area contributed by atoms with E-state index >= 15 is 0 Å². The maximum Gasteiger partial charge on any atom is 0.142 e. The van der Waals surface area contributed by atoms with Crippen molar-refractivity contribution in [3.63, 3.8) is 0 Å². The largest absolute Gasteiger partial charge is 0.391 e. The minimum atomic E-state index is 0.501. The van der Waals surface area contributed by atoms with E-state index in [4.69, 9.17) is 4.84 Å². The van der Waals surface area contributed by atoms with Crippen LogP contribution in [0.1, 0.15) is 23.6 Å². The van der Waals surface area contributed by atoms with Gasteiger partial charge in [-0.1, -0.05) is 64.4 Å². The summed E-state index contributed by atoms with van der Waals surface area (Å²) in [6.07, 6.45) is 2.76. The summed E-state index contributed by atoms with van der Waals surface area (Å²) >= 11 is 3.40. The number of nitrogens with zero attached hydrogens (tertiary/aromatic N) is 1. The third-order valence-corrected chi connectivity index (χ3v) is 3.31. The van der Waals surface area contributed by atoms with E-state index in [0.717, 1.165) is 22.0 Å². The number of benzene rings is 2. The van der Waals surface area contributed by atoms with Crippen LogP contribution in [0.2, 0.25) is 0 Å². The number of aryl methyl sites for hydroxylation is 1. The first-order valence-electron chi connectivity index (χ1n) is 6.26. The summed E-state index contributed by atoms with van der Waals surface area (Å²) in [5.41, 5.74) is 3.48. The Morgan fingerprint density at radius 1 is 1.11 bits per heavy atom. The van der Waals surface area contributed by atoms with Crippen molar-refractivity contribution in [1.29, 1.82) is 0 Å². The molecule has 2 aromatic carbocycles. The molecule has 19 heavy (non-hydrogen) atoms. The van der Waals surface area contributed by atoms with E-state index in [1.165, 1.54) is 5.56 Å². The van der Waals surface area contributed by atoms with Crippen LogP contribution in [-0.2, 0) is 17.9 Å². The summed E-state index contributed by atoms with van der Waals surface area (Å²) in [5, 5.41) is 3.98. The van der Waals surface area contributed by atoms with Crippen molar-refractivity contribution in [2.24, 2.45) is 5.16 Å². The van der Waals surface area contributed by atoms with Crippen LogP contribution in [0, 0.1) is 0 Å². The van der Waals surface area contributed by atoms with Gasteiger partial charge in [-0.15, -0.1) is 0 Å². The molecule has 0 saturated heterocycles. The van der Waals surface area contributed by atoms with E-state index < -0.39 is 0 Å². The zero-order valence-corrected chi connectivity index (χ0v) is 12.4. The van der Waals surface area contributed by atoms with Gasteiger partial charge < -0.3 is 4.84 Å². The molecule has 0 N–H and O–H groups in total. The van der Waals surface area contributed by atoms with Crippen molar-refractivity contribution in [2.45, 2.75) is 20.0 Å². The molecule has 0 atom stereocenters. The van der Waals surface area contributed by atoms with Crippen LogP contribution in [0.15, 0.2) is 58.2 Å². The molecule has 0 radical (unpaired) electrons. The van der Waals surface area contributed by atoms with Gasteiger partial charge >= 0.3 is 0 Å². The van der Waals surface area contributed by atoms with Gasteiger partial charge in [0.05, 0.1) is 6.21 Å². The monoisotopic (exact) mass is 317 g/mol. The molecule has 98 valence electrons. The van der Waals surface area contributed by atoms with Gasteiger partial charge in [-0.2, -0.15) is 0 Å². The van der Waals surface area contributed by atoms with Crippen molar-refractivity contribution in [1.82, 2.24) is 0 Å². The molecule has 0 bridgehead atoms. The molecule has 0 fully saturated rings. The molecule has 0 saturated carbocycles. The van der Waals surface area contributed by atoms with Gasteiger partial charge in [0.1, 0.15) is 6.61 Å². The third kappa shape index (κ3) is 4.52. The first-order valence-corrected chi connectivity index (χ1v) is 7.06. The van der Waals surface area contributed by atoms with Crippen LogP contribution in [0.5, 0.6) is 0 Å². The average molecular weight is 318 g/mol. The van der Waals surface area contributed by atoms with Crippen LogP contribution in [0.4, 0.5) is 0 Å². The highest BCUT2D eigenvalue weighted by Gasteiger charge is 1.94. The molecule has 0 amide bonds. The predicted molar refractivity (Wildman–Crippen MR) is 82.3 cm³/mol. The minimum Gasteiger partial charge on any atom is -0.391 e. The zero-order valence-electron chi connectivity index (χ0n) is 10.8. The maximum absolute atomic E-state index is 5.31. The highest BCUT2D eigenvalue weighted by atomic mass is 79.9. The van der Waals surface area contributed by atoms with E-state index in [0.29, 0.717) is 6.61 Å². The van der Waals surface area contributed by atoms with Crippen molar-refractivity contribution >= 4 is 22.1 Å². The maximum atomic E-state index is 5.31. The van der Waals surface area contributed by atoms with Gasteiger partial charge in [0.2, 0.25) is 0 Å². The number of halogens is 1. The standard InChI is InChI=1S/C16H16BrNO/c1-2-13-4-3-5-15(10-13)12-19-18-11-14-6-8-16(17)9-7-14/h3-11H,2,12H2,1H3. The summed E-state index contributed by atoms with van der Waals surface area (Å²) in [6, 6.07) is 16.3. The number of hydrogen-bond acceptors (Lipinski definition) is 2. The fraction of sp³-hybridized carbons (Fsp3) is 0.188. The summed E-state index contributed by atoms with van der Waals surface area (Å²) in [4.78, 5) is 5.31. The molecular formula is C16H16BrNO. The van der Waals surface area contributed by atoms with Gasteiger partial charge in [-0.3, -0.25) is 0 Å². The van der Waals surface area contributed by atoms with E-state index in [9.17, 15) is 0 Å². The molecule has 0 aliphatic rings. The first kappa shape index (κ1) is 13.8. The van der Waals surface area contributed by atoms with Crippen LogP contribution >= 0.6 is 15.9 Å². The van der Waals surface area contributed by atoms with Gasteiger partial charge in [0.25, 0.3) is 0 Å². The lowest BCUT2D eigenvalue weighted by Gasteiger charge is -2.02. The molecule has 0 aliphatic carbocycles. The molecule has 2 nitrogen and oxygen atoms in total. The lowest BCUT2D eigenvalue weighted by molar-refractivity contribution is 0.132. The van der Waals surface area contributed by atoms with Crippen molar-refractivity contribution in [3.05, 3.63) is 69.7 Å². The van der Waals surface area contributed by atoms with E-state index in [1.807, 2.05) is 30.3 Å². The molecule has 0 heterocycles.